The largest absolute Gasteiger partial charge is 0.481 e. The highest BCUT2D eigenvalue weighted by molar-refractivity contribution is 5.85. The Balaban J connectivity index is 2.50. The van der Waals surface area contributed by atoms with E-state index < -0.39 is 29.7 Å². The number of aliphatic carboxylic acids is 2. The van der Waals surface area contributed by atoms with Crippen LogP contribution in [-0.4, -0.2) is 22.2 Å². The third kappa shape index (κ3) is 2.06. The number of nitriles is 1. The number of rotatable bonds is 4. The summed E-state index contributed by atoms with van der Waals surface area (Å²) in [5, 5.41) is 27.6. The molecule has 98 valence electrons. The molecular formula is C14H13NO4. The van der Waals surface area contributed by atoms with Gasteiger partial charge in [0.1, 0.15) is 0 Å². The first-order chi connectivity index (χ1) is 9.01. The summed E-state index contributed by atoms with van der Waals surface area (Å²) < 4.78 is 0. The number of carbonyl (C=O) groups is 2. The van der Waals surface area contributed by atoms with E-state index in [1.54, 1.807) is 18.2 Å². The van der Waals surface area contributed by atoms with E-state index >= 15 is 0 Å². The molecule has 0 radical (unpaired) electrons. The number of hydrogen-bond donors (Lipinski definition) is 2. The summed E-state index contributed by atoms with van der Waals surface area (Å²) in [4.78, 5) is 22.4. The number of hydrogen-bond acceptors (Lipinski definition) is 3. The van der Waals surface area contributed by atoms with Crippen LogP contribution in [0.5, 0.6) is 0 Å². The van der Waals surface area contributed by atoms with Crippen molar-refractivity contribution in [3.05, 3.63) is 35.4 Å². The molecule has 2 unspecified atom stereocenters. The van der Waals surface area contributed by atoms with Crippen LogP contribution in [0.1, 0.15) is 29.9 Å². The molecule has 0 fully saturated rings. The molecule has 0 spiro atoms. The van der Waals surface area contributed by atoms with Crippen molar-refractivity contribution in [3.8, 4) is 6.07 Å². The number of benzene rings is 1. The van der Waals surface area contributed by atoms with Gasteiger partial charge in [-0.25, -0.2) is 0 Å². The van der Waals surface area contributed by atoms with Crippen molar-refractivity contribution in [2.75, 3.05) is 0 Å². The zero-order valence-corrected chi connectivity index (χ0v) is 10.2. The standard InChI is InChI=1S/C14H13NO4/c15-8-14(13(18)19,7-12(16)17)11-6-5-9-3-1-2-4-10(9)11/h1-4,11H,5-7H2,(H,16,17)(H,18,19). The van der Waals surface area contributed by atoms with Gasteiger partial charge in [0.2, 0.25) is 0 Å². The van der Waals surface area contributed by atoms with Crippen molar-refractivity contribution >= 4 is 11.9 Å². The topological polar surface area (TPSA) is 98.4 Å². The van der Waals surface area contributed by atoms with Crippen LogP contribution >= 0.6 is 0 Å². The molecule has 0 heterocycles. The SMILES string of the molecule is N#CC(CC(=O)O)(C(=O)O)C1CCc2ccccc21. The van der Waals surface area contributed by atoms with E-state index in [-0.39, 0.29) is 0 Å². The van der Waals surface area contributed by atoms with Crippen LogP contribution in [0.3, 0.4) is 0 Å². The maximum atomic E-state index is 11.5. The molecule has 1 aromatic carbocycles. The number of carboxylic acids is 2. The smallest absolute Gasteiger partial charge is 0.325 e. The van der Waals surface area contributed by atoms with Crippen molar-refractivity contribution in [1.82, 2.24) is 0 Å². The zero-order valence-electron chi connectivity index (χ0n) is 10.2. The van der Waals surface area contributed by atoms with Crippen LogP contribution in [0.25, 0.3) is 0 Å². The van der Waals surface area contributed by atoms with Gasteiger partial charge in [0.25, 0.3) is 0 Å². The highest BCUT2D eigenvalue weighted by atomic mass is 16.4. The van der Waals surface area contributed by atoms with Gasteiger partial charge in [-0.15, -0.1) is 0 Å². The molecule has 0 saturated heterocycles. The van der Waals surface area contributed by atoms with Crippen molar-refractivity contribution in [3.63, 3.8) is 0 Å². The van der Waals surface area contributed by atoms with Gasteiger partial charge in [0, 0.05) is 5.92 Å². The Morgan fingerprint density at radius 3 is 2.63 bits per heavy atom. The lowest BCUT2D eigenvalue weighted by Crippen LogP contribution is -2.37. The molecule has 0 bridgehead atoms. The molecule has 5 heteroatoms. The summed E-state index contributed by atoms with van der Waals surface area (Å²) in [5.74, 6) is -3.20. The third-order valence-electron chi connectivity index (χ3n) is 3.74. The Morgan fingerprint density at radius 2 is 2.05 bits per heavy atom. The van der Waals surface area contributed by atoms with Crippen molar-refractivity contribution in [2.45, 2.75) is 25.2 Å². The van der Waals surface area contributed by atoms with E-state index in [0.29, 0.717) is 12.8 Å². The summed E-state index contributed by atoms with van der Waals surface area (Å²) in [6, 6.07) is 9.05. The second kappa shape index (κ2) is 4.73. The van der Waals surface area contributed by atoms with Gasteiger partial charge >= 0.3 is 11.9 Å². The summed E-state index contributed by atoms with van der Waals surface area (Å²) in [6.07, 6.45) is 0.488. The lowest BCUT2D eigenvalue weighted by atomic mass is 9.71. The molecule has 0 aromatic heterocycles. The average Bonchev–Trinajstić information content (AvgIpc) is 2.79. The van der Waals surface area contributed by atoms with Crippen LogP contribution in [0.2, 0.25) is 0 Å². The first kappa shape index (κ1) is 13.1. The predicted molar refractivity (Wildman–Crippen MR) is 65.4 cm³/mol. The molecular weight excluding hydrogens is 246 g/mol. The summed E-state index contributed by atoms with van der Waals surface area (Å²) in [7, 11) is 0. The minimum absolute atomic E-state index is 0.493. The molecule has 1 aliphatic rings. The van der Waals surface area contributed by atoms with Gasteiger partial charge in [-0.1, -0.05) is 24.3 Å². The van der Waals surface area contributed by atoms with Crippen LogP contribution in [0.4, 0.5) is 0 Å². The van der Waals surface area contributed by atoms with E-state index in [1.807, 2.05) is 12.1 Å². The summed E-state index contributed by atoms with van der Waals surface area (Å²) in [5.41, 5.74) is -0.107. The molecule has 0 saturated carbocycles. The molecule has 1 aromatic rings. The summed E-state index contributed by atoms with van der Waals surface area (Å²) >= 11 is 0. The first-order valence-corrected chi connectivity index (χ1v) is 5.95. The zero-order chi connectivity index (χ0) is 14.0. The minimum atomic E-state index is -1.89. The van der Waals surface area contributed by atoms with Crippen molar-refractivity contribution in [1.29, 1.82) is 5.26 Å². The highest BCUT2D eigenvalue weighted by Crippen LogP contribution is 2.47. The van der Waals surface area contributed by atoms with Gasteiger partial charge in [-0.3, -0.25) is 9.59 Å². The summed E-state index contributed by atoms with van der Waals surface area (Å²) in [6.45, 7) is 0. The molecule has 19 heavy (non-hydrogen) atoms. The molecule has 2 N–H and O–H groups in total. The van der Waals surface area contributed by atoms with Crippen LogP contribution < -0.4 is 0 Å². The van der Waals surface area contributed by atoms with Crippen molar-refractivity contribution in [2.24, 2.45) is 5.41 Å². The number of carboxylic acid groups (broad SMARTS) is 2. The normalized spacial score (nSPS) is 20.1. The predicted octanol–water partition coefficient (Wildman–Crippen LogP) is 1.79. The van der Waals surface area contributed by atoms with E-state index in [4.69, 9.17) is 5.11 Å². The average molecular weight is 259 g/mol. The second-order valence-corrected chi connectivity index (χ2v) is 4.75. The lowest BCUT2D eigenvalue weighted by Gasteiger charge is -2.27. The van der Waals surface area contributed by atoms with Crippen LogP contribution in [-0.2, 0) is 16.0 Å². The Bertz CT molecular complexity index is 575. The minimum Gasteiger partial charge on any atom is -0.481 e. The third-order valence-corrected chi connectivity index (χ3v) is 3.74. The molecule has 2 rings (SSSR count). The molecule has 0 aliphatic heterocycles. The quantitative estimate of drug-likeness (QED) is 0.858. The van der Waals surface area contributed by atoms with Crippen LogP contribution in [0.15, 0.2) is 24.3 Å². The Morgan fingerprint density at radius 1 is 1.37 bits per heavy atom. The Labute approximate surface area is 110 Å². The molecule has 1 aliphatic carbocycles. The fourth-order valence-corrected chi connectivity index (χ4v) is 2.82. The molecule has 0 amide bonds. The van der Waals surface area contributed by atoms with E-state index in [2.05, 4.69) is 0 Å². The second-order valence-electron chi connectivity index (χ2n) is 4.75. The highest BCUT2D eigenvalue weighted by Gasteiger charge is 2.50. The number of aryl methyl sites for hydroxylation is 1. The van der Waals surface area contributed by atoms with Crippen molar-refractivity contribution < 1.29 is 19.8 Å². The lowest BCUT2D eigenvalue weighted by molar-refractivity contribution is -0.153. The number of fused-ring (bicyclic) bond motifs is 1. The monoisotopic (exact) mass is 259 g/mol. The Hall–Kier alpha value is -2.35. The maximum Gasteiger partial charge on any atom is 0.325 e. The molecule has 2 atom stereocenters. The van der Waals surface area contributed by atoms with Gasteiger partial charge in [-0.2, -0.15) is 5.26 Å². The first-order valence-electron chi connectivity index (χ1n) is 5.95. The Kier molecular flexibility index (Phi) is 3.26. The fraction of sp³-hybridized carbons (Fsp3) is 0.357. The maximum absolute atomic E-state index is 11.5. The van der Waals surface area contributed by atoms with E-state index in [1.165, 1.54) is 0 Å². The van der Waals surface area contributed by atoms with Gasteiger partial charge in [0.15, 0.2) is 5.41 Å². The number of nitrogens with zero attached hydrogens (tertiary/aromatic N) is 1. The van der Waals surface area contributed by atoms with E-state index in [0.717, 1.165) is 11.1 Å². The van der Waals surface area contributed by atoms with Crippen LogP contribution in [0, 0.1) is 16.7 Å². The van der Waals surface area contributed by atoms with E-state index in [9.17, 15) is 20.0 Å². The fourth-order valence-electron chi connectivity index (χ4n) is 2.82. The molecule has 5 nitrogen and oxygen atoms in total. The van der Waals surface area contributed by atoms with Gasteiger partial charge < -0.3 is 10.2 Å². The van der Waals surface area contributed by atoms with Gasteiger partial charge in [-0.05, 0) is 24.0 Å². The van der Waals surface area contributed by atoms with Gasteiger partial charge in [0.05, 0.1) is 12.5 Å².